The number of nitrogens with one attached hydrogen (secondary N) is 2. The van der Waals surface area contributed by atoms with E-state index in [4.69, 9.17) is 35.3 Å². The molecule has 5 nitrogen and oxygen atoms in total. The van der Waals surface area contributed by atoms with Crippen molar-refractivity contribution in [3.8, 4) is 0 Å². The van der Waals surface area contributed by atoms with Gasteiger partial charge < -0.3 is 22.1 Å². The summed E-state index contributed by atoms with van der Waals surface area (Å²) in [7, 11) is 0. The number of carbonyl (C=O) groups excluding carboxylic acids is 1. The third-order valence-electron chi connectivity index (χ3n) is 2.69. The quantitative estimate of drug-likeness (QED) is 0.515. The topological polar surface area (TPSA) is 93.2 Å². The van der Waals surface area contributed by atoms with Crippen molar-refractivity contribution in [1.82, 2.24) is 0 Å². The zero-order chi connectivity index (χ0) is 15.4. The first kappa shape index (κ1) is 15.1. The lowest BCUT2D eigenvalue weighted by Gasteiger charge is -2.12. The highest BCUT2D eigenvalue weighted by Crippen LogP contribution is 2.23. The Morgan fingerprint density at radius 1 is 1.10 bits per heavy atom. The Bertz CT molecular complexity index is 688. The molecule has 0 fully saturated rings. The molecule has 6 N–H and O–H groups in total. The van der Waals surface area contributed by atoms with Gasteiger partial charge in [-0.25, -0.2) is 0 Å². The summed E-state index contributed by atoms with van der Waals surface area (Å²) >= 11 is 11.1. The Morgan fingerprint density at radius 2 is 1.76 bits per heavy atom. The number of primary amides is 1. The standard InChI is InChI=1S/C14H13ClN4OS/c15-9-3-6-11(16)12(7-9)19-14(21)18-10-4-1-8(2-5-10)13(17)20/h1-7H,16H2,(H2,17,20)(H2,18,19,21). The number of nitrogens with two attached hydrogens (primary N) is 2. The number of amides is 1. The average molecular weight is 321 g/mol. The predicted octanol–water partition coefficient (Wildman–Crippen LogP) is 2.83. The van der Waals surface area contributed by atoms with Crippen LogP contribution in [0.1, 0.15) is 10.4 Å². The second kappa shape index (κ2) is 6.43. The summed E-state index contributed by atoms with van der Waals surface area (Å²) in [5.74, 6) is -0.478. The van der Waals surface area contributed by atoms with E-state index in [0.717, 1.165) is 5.69 Å². The van der Waals surface area contributed by atoms with Crippen molar-refractivity contribution in [3.05, 3.63) is 53.1 Å². The molecule has 2 rings (SSSR count). The zero-order valence-corrected chi connectivity index (χ0v) is 12.5. The summed E-state index contributed by atoms with van der Waals surface area (Å²) in [5.41, 5.74) is 13.3. The SMILES string of the molecule is NC(=O)c1ccc(NC(=S)Nc2cc(Cl)ccc2N)cc1. The Labute approximate surface area is 132 Å². The van der Waals surface area contributed by atoms with Crippen LogP contribution in [-0.2, 0) is 0 Å². The molecule has 2 aromatic carbocycles. The summed E-state index contributed by atoms with van der Waals surface area (Å²) in [5, 5.41) is 6.84. The highest BCUT2D eigenvalue weighted by atomic mass is 35.5. The van der Waals surface area contributed by atoms with Crippen LogP contribution < -0.4 is 22.1 Å². The molecule has 0 saturated carbocycles. The van der Waals surface area contributed by atoms with Crippen molar-refractivity contribution < 1.29 is 4.79 Å². The third kappa shape index (κ3) is 4.08. The lowest BCUT2D eigenvalue weighted by atomic mass is 10.2. The fourth-order valence-electron chi connectivity index (χ4n) is 1.64. The van der Waals surface area contributed by atoms with Gasteiger partial charge in [0.1, 0.15) is 0 Å². The molecular weight excluding hydrogens is 308 g/mol. The number of halogens is 1. The van der Waals surface area contributed by atoms with Gasteiger partial charge in [-0.05, 0) is 54.7 Å². The number of hydrogen-bond acceptors (Lipinski definition) is 3. The fourth-order valence-corrected chi connectivity index (χ4v) is 2.04. The largest absolute Gasteiger partial charge is 0.397 e. The first-order valence-corrected chi connectivity index (χ1v) is 6.77. The normalized spacial score (nSPS) is 9.95. The summed E-state index contributed by atoms with van der Waals surface area (Å²) in [6.45, 7) is 0. The van der Waals surface area contributed by atoms with E-state index in [1.807, 2.05) is 0 Å². The molecule has 0 radical (unpaired) electrons. The monoisotopic (exact) mass is 320 g/mol. The van der Waals surface area contributed by atoms with Gasteiger partial charge in [-0.15, -0.1) is 0 Å². The Hall–Kier alpha value is -2.31. The van der Waals surface area contributed by atoms with Crippen molar-refractivity contribution in [1.29, 1.82) is 0 Å². The van der Waals surface area contributed by atoms with Crippen LogP contribution in [0, 0.1) is 0 Å². The Kier molecular flexibility index (Phi) is 4.62. The van der Waals surface area contributed by atoms with Gasteiger partial charge in [-0.2, -0.15) is 0 Å². The van der Waals surface area contributed by atoms with Gasteiger partial charge in [0, 0.05) is 16.3 Å². The summed E-state index contributed by atoms with van der Waals surface area (Å²) in [6, 6.07) is 11.7. The van der Waals surface area contributed by atoms with Gasteiger partial charge >= 0.3 is 0 Å². The van der Waals surface area contributed by atoms with Gasteiger partial charge in [0.25, 0.3) is 0 Å². The Balaban J connectivity index is 2.04. The smallest absolute Gasteiger partial charge is 0.248 e. The fraction of sp³-hybridized carbons (Fsp3) is 0. The number of carbonyl (C=O) groups is 1. The first-order chi connectivity index (χ1) is 9.95. The van der Waals surface area contributed by atoms with E-state index in [2.05, 4.69) is 10.6 Å². The van der Waals surface area contributed by atoms with Crippen LogP contribution in [0.3, 0.4) is 0 Å². The second-order valence-electron chi connectivity index (χ2n) is 4.25. The minimum absolute atomic E-state index is 0.357. The van der Waals surface area contributed by atoms with Crippen LogP contribution >= 0.6 is 23.8 Å². The van der Waals surface area contributed by atoms with Crippen molar-refractivity contribution in [3.63, 3.8) is 0 Å². The number of rotatable bonds is 3. The summed E-state index contributed by atoms with van der Waals surface area (Å²) in [4.78, 5) is 11.0. The highest BCUT2D eigenvalue weighted by molar-refractivity contribution is 7.80. The molecule has 0 unspecified atom stereocenters. The minimum Gasteiger partial charge on any atom is -0.397 e. The van der Waals surface area contributed by atoms with E-state index in [9.17, 15) is 4.79 Å². The molecule has 0 bridgehead atoms. The maximum Gasteiger partial charge on any atom is 0.248 e. The highest BCUT2D eigenvalue weighted by Gasteiger charge is 2.04. The maximum absolute atomic E-state index is 11.0. The van der Waals surface area contributed by atoms with E-state index in [1.165, 1.54) is 0 Å². The molecule has 21 heavy (non-hydrogen) atoms. The van der Waals surface area contributed by atoms with Crippen molar-refractivity contribution in [2.75, 3.05) is 16.4 Å². The Morgan fingerprint density at radius 3 is 2.38 bits per heavy atom. The van der Waals surface area contributed by atoms with Gasteiger partial charge in [-0.3, -0.25) is 4.79 Å². The van der Waals surface area contributed by atoms with Crippen LogP contribution in [0.5, 0.6) is 0 Å². The molecule has 0 spiro atoms. The zero-order valence-electron chi connectivity index (χ0n) is 10.9. The molecule has 0 saturated heterocycles. The van der Waals surface area contributed by atoms with E-state index in [-0.39, 0.29) is 0 Å². The molecule has 1 amide bonds. The summed E-state index contributed by atoms with van der Waals surface area (Å²) < 4.78 is 0. The molecule has 2 aromatic rings. The molecule has 0 heterocycles. The first-order valence-electron chi connectivity index (χ1n) is 5.98. The molecule has 0 aliphatic heterocycles. The van der Waals surface area contributed by atoms with E-state index < -0.39 is 5.91 Å². The van der Waals surface area contributed by atoms with Crippen LogP contribution in [0.4, 0.5) is 17.1 Å². The third-order valence-corrected chi connectivity index (χ3v) is 3.13. The molecule has 0 aromatic heterocycles. The second-order valence-corrected chi connectivity index (χ2v) is 5.10. The number of benzene rings is 2. The molecule has 0 aliphatic rings. The van der Waals surface area contributed by atoms with Crippen LogP contribution in [0.25, 0.3) is 0 Å². The predicted molar refractivity (Wildman–Crippen MR) is 90.7 cm³/mol. The number of thiocarbonyl (C=S) groups is 1. The molecular formula is C14H13ClN4OS. The lowest BCUT2D eigenvalue weighted by Crippen LogP contribution is -2.20. The van der Waals surface area contributed by atoms with Crippen molar-refractivity contribution >= 4 is 51.9 Å². The van der Waals surface area contributed by atoms with E-state index in [0.29, 0.717) is 27.1 Å². The maximum atomic E-state index is 11.0. The number of anilines is 3. The van der Waals surface area contributed by atoms with Gasteiger partial charge in [0.15, 0.2) is 5.11 Å². The number of nitrogen functional groups attached to an aromatic ring is 1. The lowest BCUT2D eigenvalue weighted by molar-refractivity contribution is 0.100. The molecule has 0 aliphatic carbocycles. The van der Waals surface area contributed by atoms with Gasteiger partial charge in [0.2, 0.25) is 5.91 Å². The number of hydrogen-bond donors (Lipinski definition) is 4. The summed E-state index contributed by atoms with van der Waals surface area (Å²) in [6.07, 6.45) is 0. The van der Waals surface area contributed by atoms with Crippen LogP contribution in [0.15, 0.2) is 42.5 Å². The van der Waals surface area contributed by atoms with E-state index in [1.54, 1.807) is 42.5 Å². The molecule has 0 atom stereocenters. The van der Waals surface area contributed by atoms with Crippen LogP contribution in [0.2, 0.25) is 5.02 Å². The van der Waals surface area contributed by atoms with Crippen LogP contribution in [-0.4, -0.2) is 11.0 Å². The van der Waals surface area contributed by atoms with E-state index >= 15 is 0 Å². The van der Waals surface area contributed by atoms with Gasteiger partial charge in [-0.1, -0.05) is 11.6 Å². The van der Waals surface area contributed by atoms with Crippen molar-refractivity contribution in [2.45, 2.75) is 0 Å². The van der Waals surface area contributed by atoms with Gasteiger partial charge in [0.05, 0.1) is 11.4 Å². The average Bonchev–Trinajstić information content (AvgIpc) is 2.43. The minimum atomic E-state index is -0.478. The molecule has 7 heteroatoms. The van der Waals surface area contributed by atoms with Crippen molar-refractivity contribution in [2.24, 2.45) is 5.73 Å². The molecule has 108 valence electrons.